The lowest BCUT2D eigenvalue weighted by atomic mass is 10.1. The molecule has 0 heterocycles. The van der Waals surface area contributed by atoms with Crippen molar-refractivity contribution in [1.82, 2.24) is 10.2 Å². The van der Waals surface area contributed by atoms with Gasteiger partial charge in [0.15, 0.2) is 0 Å². The van der Waals surface area contributed by atoms with E-state index in [1.807, 2.05) is 6.07 Å². The van der Waals surface area contributed by atoms with Crippen molar-refractivity contribution in [3.63, 3.8) is 0 Å². The van der Waals surface area contributed by atoms with E-state index in [4.69, 9.17) is 0 Å². The molecule has 0 saturated heterocycles. The second kappa shape index (κ2) is 12.1. The number of nitro groups is 1. The third-order valence-corrected chi connectivity index (χ3v) is 7.55. The Balaban J connectivity index is 2.08. The Labute approximate surface area is 215 Å². The zero-order valence-corrected chi connectivity index (χ0v) is 21.3. The van der Waals surface area contributed by atoms with E-state index < -0.39 is 33.4 Å². The number of nitrogens with zero attached hydrogens (tertiary/aromatic N) is 3. The number of anilines is 1. The van der Waals surface area contributed by atoms with Crippen molar-refractivity contribution < 1.29 is 22.9 Å². The molecule has 2 amide bonds. The number of carbonyl (C=O) groups is 2. The van der Waals surface area contributed by atoms with Gasteiger partial charge in [-0.05, 0) is 30.2 Å². The molecule has 0 bridgehead atoms. The number of sulfonamides is 1. The molecule has 0 spiro atoms. The first kappa shape index (κ1) is 27.3. The molecular weight excluding hydrogens is 496 g/mol. The van der Waals surface area contributed by atoms with E-state index in [0.29, 0.717) is 6.42 Å². The van der Waals surface area contributed by atoms with Gasteiger partial charge in [-0.15, -0.1) is 0 Å². The van der Waals surface area contributed by atoms with Crippen LogP contribution in [0.2, 0.25) is 0 Å². The van der Waals surface area contributed by atoms with Crippen LogP contribution in [-0.2, 0) is 26.2 Å². The highest BCUT2D eigenvalue weighted by Gasteiger charge is 2.33. The zero-order chi connectivity index (χ0) is 27.0. The van der Waals surface area contributed by atoms with Crippen LogP contribution in [-0.4, -0.2) is 49.7 Å². The van der Waals surface area contributed by atoms with Gasteiger partial charge in [0.25, 0.3) is 15.7 Å². The minimum absolute atomic E-state index is 0.0425. The fraction of sp³-hybridized carbons (Fsp3) is 0.231. The van der Waals surface area contributed by atoms with Gasteiger partial charge < -0.3 is 10.2 Å². The highest BCUT2D eigenvalue weighted by atomic mass is 32.2. The number of likely N-dealkylation sites (N-methyl/N-ethyl adjacent to an activating group) is 1. The summed E-state index contributed by atoms with van der Waals surface area (Å²) in [7, 11) is -2.83. The summed E-state index contributed by atoms with van der Waals surface area (Å²) < 4.78 is 28.2. The smallest absolute Gasteiger partial charge is 0.271 e. The third-order valence-electron chi connectivity index (χ3n) is 5.77. The number of hydrogen-bond acceptors (Lipinski definition) is 6. The van der Waals surface area contributed by atoms with Gasteiger partial charge in [-0.25, -0.2) is 8.42 Å². The molecule has 11 heteroatoms. The van der Waals surface area contributed by atoms with Crippen LogP contribution in [0.3, 0.4) is 0 Å². The summed E-state index contributed by atoms with van der Waals surface area (Å²) in [5, 5.41) is 13.9. The van der Waals surface area contributed by atoms with Crippen molar-refractivity contribution >= 4 is 33.2 Å². The van der Waals surface area contributed by atoms with E-state index in [2.05, 4.69) is 5.32 Å². The number of nitrogens with one attached hydrogen (secondary N) is 1. The lowest BCUT2D eigenvalue weighted by molar-refractivity contribution is -0.384. The maximum atomic E-state index is 13.8. The molecule has 3 rings (SSSR count). The predicted molar refractivity (Wildman–Crippen MR) is 139 cm³/mol. The SMILES string of the molecule is CC[C@H](C(=O)NC)N(Cc1ccccc1)C(=O)CN(c1cccc([N+](=O)[O-])c1)S(=O)(=O)c1ccccc1. The second-order valence-corrected chi connectivity index (χ2v) is 10.0. The Hall–Kier alpha value is -4.25. The fourth-order valence-electron chi connectivity index (χ4n) is 3.88. The van der Waals surface area contributed by atoms with Gasteiger partial charge in [0.1, 0.15) is 12.6 Å². The van der Waals surface area contributed by atoms with Crippen molar-refractivity contribution in [2.24, 2.45) is 0 Å². The Morgan fingerprint density at radius 1 is 0.973 bits per heavy atom. The average molecular weight is 525 g/mol. The molecule has 0 radical (unpaired) electrons. The van der Waals surface area contributed by atoms with Crippen molar-refractivity contribution in [2.45, 2.75) is 30.8 Å². The minimum atomic E-state index is -4.29. The van der Waals surface area contributed by atoms with Crippen LogP contribution >= 0.6 is 0 Å². The Morgan fingerprint density at radius 3 is 2.16 bits per heavy atom. The molecule has 3 aromatic carbocycles. The average Bonchev–Trinajstić information content (AvgIpc) is 2.92. The van der Waals surface area contributed by atoms with E-state index in [1.165, 1.54) is 42.3 Å². The van der Waals surface area contributed by atoms with Gasteiger partial charge in [-0.2, -0.15) is 0 Å². The quantitative estimate of drug-likeness (QED) is 0.302. The fourth-order valence-corrected chi connectivity index (χ4v) is 5.30. The number of amides is 2. The summed E-state index contributed by atoms with van der Waals surface area (Å²) in [5.74, 6) is -1.02. The van der Waals surface area contributed by atoms with Gasteiger partial charge in [0, 0.05) is 25.7 Å². The maximum absolute atomic E-state index is 13.8. The minimum Gasteiger partial charge on any atom is -0.357 e. The molecule has 0 fully saturated rings. The Kier molecular flexibility index (Phi) is 8.96. The molecule has 0 unspecified atom stereocenters. The second-order valence-electron chi connectivity index (χ2n) is 8.15. The maximum Gasteiger partial charge on any atom is 0.271 e. The van der Waals surface area contributed by atoms with Crippen LogP contribution < -0.4 is 9.62 Å². The Bertz CT molecular complexity index is 1350. The highest BCUT2D eigenvalue weighted by Crippen LogP contribution is 2.27. The zero-order valence-electron chi connectivity index (χ0n) is 20.5. The topological polar surface area (TPSA) is 130 Å². The van der Waals surface area contributed by atoms with Crippen molar-refractivity contribution in [2.75, 3.05) is 17.9 Å². The lowest BCUT2D eigenvalue weighted by Crippen LogP contribution is -2.51. The summed E-state index contributed by atoms with van der Waals surface area (Å²) in [6, 6.07) is 20.7. The van der Waals surface area contributed by atoms with Crippen LogP contribution in [0.25, 0.3) is 0 Å². The van der Waals surface area contributed by atoms with Gasteiger partial charge in [0.2, 0.25) is 11.8 Å². The van der Waals surface area contributed by atoms with Gasteiger partial charge in [-0.3, -0.25) is 24.0 Å². The first-order valence-corrected chi connectivity index (χ1v) is 13.0. The monoisotopic (exact) mass is 524 g/mol. The van der Waals surface area contributed by atoms with Gasteiger partial charge in [0.05, 0.1) is 15.5 Å². The largest absolute Gasteiger partial charge is 0.357 e. The van der Waals surface area contributed by atoms with Crippen LogP contribution in [0.15, 0.2) is 89.8 Å². The molecule has 1 atom stereocenters. The van der Waals surface area contributed by atoms with Crippen LogP contribution in [0.4, 0.5) is 11.4 Å². The highest BCUT2D eigenvalue weighted by molar-refractivity contribution is 7.92. The van der Waals surface area contributed by atoms with E-state index in [9.17, 15) is 28.1 Å². The number of nitro benzene ring substituents is 1. The summed E-state index contributed by atoms with van der Waals surface area (Å²) in [4.78, 5) is 38.4. The molecule has 0 aromatic heterocycles. The van der Waals surface area contributed by atoms with Crippen LogP contribution in [0.1, 0.15) is 18.9 Å². The number of non-ortho nitro benzene ring substituents is 1. The molecule has 0 aliphatic heterocycles. The summed E-state index contributed by atoms with van der Waals surface area (Å²) in [6.07, 6.45) is 0.292. The normalized spacial score (nSPS) is 11.8. The molecule has 10 nitrogen and oxygen atoms in total. The summed E-state index contributed by atoms with van der Waals surface area (Å²) >= 11 is 0. The first-order valence-electron chi connectivity index (χ1n) is 11.6. The number of hydrogen-bond donors (Lipinski definition) is 1. The van der Waals surface area contributed by atoms with E-state index in [1.54, 1.807) is 49.4 Å². The molecule has 37 heavy (non-hydrogen) atoms. The molecular formula is C26H28N4O6S. The van der Waals surface area contributed by atoms with E-state index >= 15 is 0 Å². The molecule has 0 aliphatic rings. The van der Waals surface area contributed by atoms with E-state index in [-0.39, 0.29) is 28.7 Å². The predicted octanol–water partition coefficient (Wildman–Crippen LogP) is 3.34. The molecule has 1 N–H and O–H groups in total. The molecule has 0 aliphatic carbocycles. The molecule has 194 valence electrons. The van der Waals surface area contributed by atoms with Gasteiger partial charge in [-0.1, -0.05) is 61.5 Å². The van der Waals surface area contributed by atoms with Crippen LogP contribution in [0, 0.1) is 10.1 Å². The summed E-state index contributed by atoms with van der Waals surface area (Å²) in [6.45, 7) is 1.16. The first-order chi connectivity index (χ1) is 17.7. The van der Waals surface area contributed by atoms with Crippen molar-refractivity contribution in [3.8, 4) is 0 Å². The standard InChI is InChI=1S/C26H28N4O6S/c1-3-24(26(32)27-2)28(18-20-11-6-4-7-12-20)25(31)19-29(21-13-10-14-22(17-21)30(33)34)37(35,36)23-15-8-5-9-16-23/h4-17,24H,3,18-19H2,1-2H3,(H,27,32)/t24-/m1/s1. The number of rotatable bonds is 11. The molecule has 3 aromatic rings. The summed E-state index contributed by atoms with van der Waals surface area (Å²) in [5.41, 5.74) is 0.390. The van der Waals surface area contributed by atoms with Crippen LogP contribution in [0.5, 0.6) is 0 Å². The Morgan fingerprint density at radius 2 is 1.59 bits per heavy atom. The van der Waals surface area contributed by atoms with Crippen molar-refractivity contribution in [1.29, 1.82) is 0 Å². The van der Waals surface area contributed by atoms with Gasteiger partial charge >= 0.3 is 0 Å². The van der Waals surface area contributed by atoms with Crippen molar-refractivity contribution in [3.05, 3.63) is 101 Å². The molecule has 0 saturated carbocycles. The number of benzene rings is 3. The van der Waals surface area contributed by atoms with E-state index in [0.717, 1.165) is 15.9 Å². The third kappa shape index (κ3) is 6.50. The lowest BCUT2D eigenvalue weighted by Gasteiger charge is -2.33. The number of carbonyl (C=O) groups excluding carboxylic acids is 2.